The summed E-state index contributed by atoms with van der Waals surface area (Å²) >= 11 is 0. The smallest absolute Gasteiger partial charge is 0.227 e. The lowest BCUT2D eigenvalue weighted by Gasteiger charge is -2.24. The third-order valence-corrected chi connectivity index (χ3v) is 9.35. The number of carbonyl (C=O) groups excluding carboxylic acids is 1. The third kappa shape index (κ3) is 5.83. The molecule has 2 fully saturated rings. The highest BCUT2D eigenvalue weighted by Crippen LogP contribution is 2.35. The van der Waals surface area contributed by atoms with E-state index in [2.05, 4.69) is 47.5 Å². The van der Waals surface area contributed by atoms with Crippen molar-refractivity contribution in [3.63, 3.8) is 0 Å². The maximum Gasteiger partial charge on any atom is 0.227 e. The summed E-state index contributed by atoms with van der Waals surface area (Å²) in [6.07, 6.45) is 10.6. The molecule has 1 aliphatic carbocycles. The number of nitrogens with one attached hydrogen (secondary N) is 3. The number of hydrogen-bond acceptors (Lipinski definition) is 7. The minimum absolute atomic E-state index is 0.0535. The molecule has 1 amide bonds. The summed E-state index contributed by atoms with van der Waals surface area (Å²) in [6.45, 7) is 5.53. The molecule has 8 rings (SSSR count). The van der Waals surface area contributed by atoms with E-state index in [1.165, 1.54) is 25.0 Å². The molecule has 1 aliphatic heterocycles. The van der Waals surface area contributed by atoms with Gasteiger partial charge in [0.1, 0.15) is 29.4 Å². The van der Waals surface area contributed by atoms with Gasteiger partial charge in [-0.15, -0.1) is 0 Å². The van der Waals surface area contributed by atoms with E-state index < -0.39 is 5.82 Å². The average Bonchev–Trinajstić information content (AvgIpc) is 3.79. The Morgan fingerprint density at radius 2 is 1.89 bits per heavy atom. The van der Waals surface area contributed by atoms with Gasteiger partial charge in [-0.2, -0.15) is 5.10 Å². The van der Waals surface area contributed by atoms with E-state index in [1.807, 2.05) is 25.1 Å². The van der Waals surface area contributed by atoms with Crippen LogP contribution in [0, 0.1) is 18.7 Å². The quantitative estimate of drug-likeness (QED) is 0.159. The van der Waals surface area contributed by atoms with Crippen LogP contribution in [0.5, 0.6) is 5.75 Å². The zero-order valence-corrected chi connectivity index (χ0v) is 26.1. The summed E-state index contributed by atoms with van der Waals surface area (Å²) in [6, 6.07) is 12.6. The van der Waals surface area contributed by atoms with Gasteiger partial charge in [-0.1, -0.05) is 6.42 Å². The van der Waals surface area contributed by atoms with Crippen molar-refractivity contribution in [3.05, 3.63) is 72.4 Å². The second-order valence-corrected chi connectivity index (χ2v) is 12.6. The Balaban J connectivity index is 1.10. The number of aromatic nitrogens is 6. The van der Waals surface area contributed by atoms with Gasteiger partial charge in [0.2, 0.25) is 5.91 Å². The first-order chi connectivity index (χ1) is 23.0. The predicted octanol–water partition coefficient (Wildman–Crippen LogP) is 6.89. The molecule has 5 heterocycles. The average molecular weight is 631 g/mol. The fraction of sp³-hybridized carbons (Fsp3) is 0.306. The third-order valence-electron chi connectivity index (χ3n) is 9.35. The van der Waals surface area contributed by atoms with Crippen LogP contribution < -0.4 is 10.1 Å². The van der Waals surface area contributed by atoms with Gasteiger partial charge in [0, 0.05) is 47.4 Å². The van der Waals surface area contributed by atoms with Crippen LogP contribution in [0.2, 0.25) is 0 Å². The standard InChI is InChI=1S/C36H35FN8O2/c1-21-13-31-29(18-28(21)24-15-26(20-38-19-24)40-36(46)22-5-4-6-22)33(44-43-31)35-41-30-7-8-39-32(34(30)42-35)23-14-25(37)17-27(16-23)47-12-11-45-9-2-3-10-45/h7-8,13-20,22H,2-6,9-12H2,1H3,(H,40,46)(H,41,42)(H,43,44). The topological polar surface area (TPSA) is 125 Å². The van der Waals surface area contributed by atoms with Gasteiger partial charge in [0.15, 0.2) is 5.82 Å². The SMILES string of the molecule is Cc1cc2[nH]nc(-c3nc4c(-c5cc(F)cc(OCCN6CCCC6)c5)nccc4[nH]3)c2cc1-c1cncc(NC(=O)C2CCC2)c1. The molecular formula is C36H35FN8O2. The summed E-state index contributed by atoms with van der Waals surface area (Å²) < 4.78 is 20.8. The minimum Gasteiger partial charge on any atom is -0.492 e. The first kappa shape index (κ1) is 29.3. The minimum atomic E-state index is -0.393. The second kappa shape index (κ2) is 12.2. The van der Waals surface area contributed by atoms with E-state index >= 15 is 0 Å². The molecule has 0 unspecified atom stereocenters. The Kier molecular flexibility index (Phi) is 7.60. The van der Waals surface area contributed by atoms with Crippen LogP contribution in [0.4, 0.5) is 10.1 Å². The molecule has 0 bridgehead atoms. The van der Waals surface area contributed by atoms with E-state index in [4.69, 9.17) is 9.72 Å². The van der Waals surface area contributed by atoms with E-state index in [1.54, 1.807) is 18.6 Å². The second-order valence-electron chi connectivity index (χ2n) is 12.6. The van der Waals surface area contributed by atoms with E-state index in [9.17, 15) is 9.18 Å². The normalized spacial score (nSPS) is 15.4. The van der Waals surface area contributed by atoms with Gasteiger partial charge in [-0.3, -0.25) is 24.8 Å². The molecule has 3 N–H and O–H groups in total. The molecule has 2 aliphatic rings. The van der Waals surface area contributed by atoms with Crippen LogP contribution in [0.3, 0.4) is 0 Å². The number of halogens is 1. The molecule has 0 radical (unpaired) electrons. The highest BCUT2D eigenvalue weighted by Gasteiger charge is 2.25. The lowest BCUT2D eigenvalue weighted by atomic mass is 9.85. The van der Waals surface area contributed by atoms with E-state index in [-0.39, 0.29) is 11.8 Å². The molecule has 0 spiro atoms. The van der Waals surface area contributed by atoms with Crippen LogP contribution in [0.25, 0.3) is 55.8 Å². The van der Waals surface area contributed by atoms with Crippen molar-refractivity contribution in [2.45, 2.75) is 39.0 Å². The number of H-pyrrole nitrogens is 2. The molecule has 4 aromatic heterocycles. The van der Waals surface area contributed by atoms with Gasteiger partial charge in [0.25, 0.3) is 0 Å². The van der Waals surface area contributed by atoms with Crippen molar-refractivity contribution < 1.29 is 13.9 Å². The van der Waals surface area contributed by atoms with Gasteiger partial charge in [0.05, 0.1) is 28.6 Å². The fourth-order valence-corrected chi connectivity index (χ4v) is 6.57. The molecular weight excluding hydrogens is 595 g/mol. The number of hydrogen-bond donors (Lipinski definition) is 3. The molecule has 238 valence electrons. The number of aryl methyl sites for hydroxylation is 1. The maximum absolute atomic E-state index is 14.8. The van der Waals surface area contributed by atoms with Crippen molar-refractivity contribution in [1.82, 2.24) is 35.0 Å². The van der Waals surface area contributed by atoms with Crippen LogP contribution in [0.15, 0.2) is 61.1 Å². The zero-order chi connectivity index (χ0) is 31.9. The summed E-state index contributed by atoms with van der Waals surface area (Å²) in [7, 11) is 0. The van der Waals surface area contributed by atoms with Crippen LogP contribution in [-0.2, 0) is 4.79 Å². The van der Waals surface area contributed by atoms with Crippen LogP contribution in [0.1, 0.15) is 37.7 Å². The fourth-order valence-electron chi connectivity index (χ4n) is 6.57. The molecule has 1 saturated carbocycles. The van der Waals surface area contributed by atoms with Gasteiger partial charge in [-0.25, -0.2) is 9.37 Å². The van der Waals surface area contributed by atoms with Gasteiger partial charge in [-0.05, 0) is 93.2 Å². The number of nitrogens with zero attached hydrogens (tertiary/aromatic N) is 5. The number of ether oxygens (including phenoxy) is 1. The molecule has 1 saturated heterocycles. The van der Waals surface area contributed by atoms with Crippen LogP contribution in [-0.4, -0.2) is 67.2 Å². The number of pyridine rings is 2. The number of amides is 1. The Labute approximate surface area is 270 Å². The van der Waals surface area contributed by atoms with Crippen LogP contribution >= 0.6 is 0 Å². The summed E-state index contributed by atoms with van der Waals surface area (Å²) in [5.74, 6) is 0.781. The van der Waals surface area contributed by atoms with Crippen molar-refractivity contribution >= 4 is 33.5 Å². The first-order valence-electron chi connectivity index (χ1n) is 16.2. The lowest BCUT2D eigenvalue weighted by Crippen LogP contribution is -2.28. The molecule has 11 heteroatoms. The van der Waals surface area contributed by atoms with Gasteiger partial charge < -0.3 is 15.0 Å². The summed E-state index contributed by atoms with van der Waals surface area (Å²) in [4.78, 5) is 32.3. The Hall–Kier alpha value is -5.16. The highest BCUT2D eigenvalue weighted by atomic mass is 19.1. The Bertz CT molecular complexity index is 2110. The van der Waals surface area contributed by atoms with Gasteiger partial charge >= 0.3 is 0 Å². The number of rotatable bonds is 9. The summed E-state index contributed by atoms with van der Waals surface area (Å²) in [5.41, 5.74) is 7.61. The zero-order valence-electron chi connectivity index (χ0n) is 26.1. The predicted molar refractivity (Wildman–Crippen MR) is 179 cm³/mol. The molecule has 10 nitrogen and oxygen atoms in total. The summed E-state index contributed by atoms with van der Waals surface area (Å²) in [5, 5.41) is 11.7. The van der Waals surface area contributed by atoms with Crippen molar-refractivity contribution in [2.24, 2.45) is 5.92 Å². The lowest BCUT2D eigenvalue weighted by molar-refractivity contribution is -0.122. The number of fused-ring (bicyclic) bond motifs is 2. The maximum atomic E-state index is 14.8. The first-order valence-corrected chi connectivity index (χ1v) is 16.2. The Morgan fingerprint density at radius 1 is 1.02 bits per heavy atom. The van der Waals surface area contributed by atoms with Crippen molar-refractivity contribution in [3.8, 4) is 39.7 Å². The number of benzene rings is 2. The largest absolute Gasteiger partial charge is 0.492 e. The van der Waals surface area contributed by atoms with E-state index in [0.29, 0.717) is 46.3 Å². The number of carbonyl (C=O) groups is 1. The Morgan fingerprint density at radius 3 is 2.72 bits per heavy atom. The van der Waals surface area contributed by atoms with Crippen molar-refractivity contribution in [1.29, 1.82) is 0 Å². The molecule has 6 aromatic rings. The van der Waals surface area contributed by atoms with E-state index in [0.717, 1.165) is 72.0 Å². The molecule has 0 atom stereocenters. The molecule has 47 heavy (non-hydrogen) atoms. The molecule has 2 aromatic carbocycles. The number of imidazole rings is 1. The number of anilines is 1. The monoisotopic (exact) mass is 630 g/mol. The number of aromatic amines is 2. The highest BCUT2D eigenvalue weighted by molar-refractivity contribution is 5.99. The number of likely N-dealkylation sites (tertiary alicyclic amines) is 1. The van der Waals surface area contributed by atoms with Crippen molar-refractivity contribution in [2.75, 3.05) is 31.6 Å².